The van der Waals surface area contributed by atoms with Crippen LogP contribution in [-0.4, -0.2) is 49.6 Å². The van der Waals surface area contributed by atoms with Crippen molar-refractivity contribution < 1.29 is 33.7 Å². The fourth-order valence-electron chi connectivity index (χ4n) is 5.63. The van der Waals surface area contributed by atoms with Crippen LogP contribution in [0.4, 0.5) is 22.7 Å². The maximum absolute atomic E-state index is 14.1. The molecule has 0 heterocycles. The Bertz CT molecular complexity index is 1780. The summed E-state index contributed by atoms with van der Waals surface area (Å²) in [5, 5.41) is 16.0. The maximum atomic E-state index is 14.1. The van der Waals surface area contributed by atoms with Crippen LogP contribution in [0.3, 0.4) is 0 Å². The molecule has 5 rings (SSSR count). The predicted octanol–water partition coefficient (Wildman–Crippen LogP) is 7.91. The van der Waals surface area contributed by atoms with Crippen molar-refractivity contribution in [2.24, 2.45) is 0 Å². The Hall–Kier alpha value is -5.15. The molecule has 0 saturated carbocycles. The highest BCUT2D eigenvalue weighted by Crippen LogP contribution is 2.41. The Morgan fingerprint density at radius 1 is 0.688 bits per heavy atom. The second kappa shape index (κ2) is 16.1. The normalized spacial score (nSPS) is 11.5. The minimum atomic E-state index is -0.348. The molecule has 48 heavy (non-hydrogen) atoms. The Labute approximate surface area is 282 Å². The number of esters is 1. The van der Waals surface area contributed by atoms with Crippen molar-refractivity contribution in [2.75, 3.05) is 37.6 Å². The molecule has 0 bridgehead atoms. The van der Waals surface area contributed by atoms with Crippen LogP contribution in [0, 0.1) is 27.7 Å². The first-order valence-corrected chi connectivity index (χ1v) is 16.1. The van der Waals surface area contributed by atoms with E-state index < -0.39 is 0 Å². The van der Waals surface area contributed by atoms with Gasteiger partial charge in [0.05, 0.1) is 49.2 Å². The molecule has 1 aliphatic rings. The fourth-order valence-corrected chi connectivity index (χ4v) is 5.63. The van der Waals surface area contributed by atoms with Crippen LogP contribution in [0.25, 0.3) is 0 Å². The van der Waals surface area contributed by atoms with E-state index in [0.717, 1.165) is 33.6 Å². The fraction of sp³-hybridized carbons (Fsp3) is 0.308. The van der Waals surface area contributed by atoms with Gasteiger partial charge in [0.15, 0.2) is 11.6 Å². The Kier molecular flexibility index (Phi) is 12.0. The number of methoxy groups -OCH3 is 1. The quantitative estimate of drug-likeness (QED) is 0.122. The zero-order chi connectivity index (χ0) is 35.0. The number of hydrogen-bond donors (Lipinski definition) is 3. The number of aliphatic hydroxyl groups excluding tert-OH is 1. The van der Waals surface area contributed by atoms with Gasteiger partial charge in [-0.25, -0.2) is 0 Å². The summed E-state index contributed by atoms with van der Waals surface area (Å²) in [6.45, 7) is 12.2. The third-order valence-electron chi connectivity index (χ3n) is 7.77. The SMILES string of the molecule is CCC.COC(=O)CCOc1cc(C)c(Nc2ccc(Nc3c(C)cc(OCCO)cc3C)c3c2C(=O)c2ccccc2C3=O)c(C)c1. The lowest BCUT2D eigenvalue weighted by atomic mass is 9.82. The van der Waals surface area contributed by atoms with Crippen LogP contribution < -0.4 is 20.1 Å². The van der Waals surface area contributed by atoms with Crippen LogP contribution in [0.1, 0.15) is 80.8 Å². The summed E-state index contributed by atoms with van der Waals surface area (Å²) >= 11 is 0. The summed E-state index contributed by atoms with van der Waals surface area (Å²) < 4.78 is 16.1. The standard InChI is InChI=1S/C36H36N2O7.C3H8/c1-20-16-24(44-14-12-30(40)43-5)17-21(2)33(20)37-28-10-11-29(38-34-22(3)18-25(19-23(34)4)45-15-13-39)32-31(28)35(41)26-8-6-7-9-27(26)36(32)42;1-3-2/h6-11,16-19,37-39H,12-15H2,1-5H3;3H2,1-2H3. The minimum absolute atomic E-state index is 0.0871. The van der Waals surface area contributed by atoms with Gasteiger partial charge in [-0.3, -0.25) is 14.4 Å². The number of ether oxygens (including phenoxy) is 3. The predicted molar refractivity (Wildman–Crippen MR) is 189 cm³/mol. The van der Waals surface area contributed by atoms with Crippen molar-refractivity contribution in [1.29, 1.82) is 0 Å². The number of fused-ring (bicyclic) bond motifs is 2. The third kappa shape index (κ3) is 7.86. The molecular formula is C39H44N2O7. The van der Waals surface area contributed by atoms with Crippen LogP contribution in [0.5, 0.6) is 11.5 Å². The van der Waals surface area contributed by atoms with Crippen LogP contribution in [0.15, 0.2) is 60.7 Å². The van der Waals surface area contributed by atoms with Crippen molar-refractivity contribution in [3.05, 3.63) is 105 Å². The zero-order valence-corrected chi connectivity index (χ0v) is 28.7. The zero-order valence-electron chi connectivity index (χ0n) is 28.7. The number of anilines is 4. The molecule has 9 heteroatoms. The molecule has 0 unspecified atom stereocenters. The van der Waals surface area contributed by atoms with Gasteiger partial charge >= 0.3 is 5.97 Å². The first-order chi connectivity index (χ1) is 23.0. The van der Waals surface area contributed by atoms with E-state index in [1.165, 1.54) is 13.5 Å². The number of aliphatic hydroxyl groups is 1. The molecule has 0 saturated heterocycles. The van der Waals surface area contributed by atoms with E-state index in [2.05, 4.69) is 29.2 Å². The molecule has 9 nitrogen and oxygen atoms in total. The van der Waals surface area contributed by atoms with Gasteiger partial charge in [0.2, 0.25) is 0 Å². The number of carbonyl (C=O) groups is 3. The van der Waals surface area contributed by atoms with Crippen molar-refractivity contribution in [2.45, 2.75) is 54.4 Å². The van der Waals surface area contributed by atoms with Crippen molar-refractivity contribution in [1.82, 2.24) is 0 Å². The summed E-state index contributed by atoms with van der Waals surface area (Å²) in [4.78, 5) is 39.6. The van der Waals surface area contributed by atoms with Gasteiger partial charge in [0, 0.05) is 22.5 Å². The molecule has 0 fully saturated rings. The third-order valence-corrected chi connectivity index (χ3v) is 7.77. The summed E-state index contributed by atoms with van der Waals surface area (Å²) in [5.74, 6) is 0.411. The average molecular weight is 653 g/mol. The van der Waals surface area contributed by atoms with E-state index in [1.54, 1.807) is 24.3 Å². The number of nitrogens with one attached hydrogen (secondary N) is 2. The van der Waals surface area contributed by atoms with E-state index in [9.17, 15) is 14.4 Å². The highest BCUT2D eigenvalue weighted by atomic mass is 16.5. The smallest absolute Gasteiger partial charge is 0.308 e. The molecule has 252 valence electrons. The van der Waals surface area contributed by atoms with Crippen LogP contribution >= 0.6 is 0 Å². The highest BCUT2D eigenvalue weighted by Gasteiger charge is 2.34. The largest absolute Gasteiger partial charge is 0.493 e. The molecule has 0 spiro atoms. The van der Waals surface area contributed by atoms with Gasteiger partial charge in [-0.2, -0.15) is 0 Å². The van der Waals surface area contributed by atoms with Crippen LogP contribution in [-0.2, 0) is 9.53 Å². The monoisotopic (exact) mass is 652 g/mol. The summed E-state index contributed by atoms with van der Waals surface area (Å²) in [7, 11) is 1.34. The Balaban J connectivity index is 0.00000167. The van der Waals surface area contributed by atoms with Crippen molar-refractivity contribution in [3.63, 3.8) is 0 Å². The van der Waals surface area contributed by atoms with E-state index in [1.807, 2.05) is 64.1 Å². The van der Waals surface area contributed by atoms with Crippen molar-refractivity contribution >= 4 is 40.3 Å². The number of carbonyl (C=O) groups excluding carboxylic acids is 3. The summed E-state index contributed by atoms with van der Waals surface area (Å²) in [6, 6.07) is 17.9. The summed E-state index contributed by atoms with van der Waals surface area (Å²) in [5.41, 5.74) is 7.39. The van der Waals surface area contributed by atoms with Gasteiger partial charge in [0.1, 0.15) is 18.1 Å². The second-order valence-corrected chi connectivity index (χ2v) is 11.7. The van der Waals surface area contributed by atoms with Gasteiger partial charge < -0.3 is 30.0 Å². The average Bonchev–Trinajstić information content (AvgIpc) is 3.06. The van der Waals surface area contributed by atoms with Gasteiger partial charge in [-0.15, -0.1) is 0 Å². The second-order valence-electron chi connectivity index (χ2n) is 11.7. The first kappa shape index (κ1) is 35.7. The number of benzene rings is 4. The van der Waals surface area contributed by atoms with Gasteiger partial charge in [0.25, 0.3) is 0 Å². The molecule has 4 aromatic rings. The molecule has 3 N–H and O–H groups in total. The molecule has 0 aromatic heterocycles. The topological polar surface area (TPSA) is 123 Å². The number of rotatable bonds is 11. The molecule has 0 atom stereocenters. The number of hydrogen-bond acceptors (Lipinski definition) is 9. The van der Waals surface area contributed by atoms with Gasteiger partial charge in [-0.1, -0.05) is 44.5 Å². The van der Waals surface area contributed by atoms with E-state index >= 15 is 0 Å². The Morgan fingerprint density at radius 2 is 1.08 bits per heavy atom. The minimum Gasteiger partial charge on any atom is -0.493 e. The number of ketones is 2. The molecule has 0 amide bonds. The van der Waals surface area contributed by atoms with E-state index in [-0.39, 0.29) is 43.8 Å². The molecule has 4 aromatic carbocycles. The molecular weight excluding hydrogens is 608 g/mol. The summed E-state index contributed by atoms with van der Waals surface area (Å²) in [6.07, 6.45) is 1.39. The Morgan fingerprint density at radius 3 is 1.46 bits per heavy atom. The van der Waals surface area contributed by atoms with Crippen molar-refractivity contribution in [3.8, 4) is 11.5 Å². The molecule has 1 aliphatic carbocycles. The lowest BCUT2D eigenvalue weighted by Crippen LogP contribution is -2.23. The maximum Gasteiger partial charge on any atom is 0.308 e. The van der Waals surface area contributed by atoms with Crippen LogP contribution in [0.2, 0.25) is 0 Å². The molecule has 0 radical (unpaired) electrons. The van der Waals surface area contributed by atoms with E-state index in [4.69, 9.17) is 14.6 Å². The highest BCUT2D eigenvalue weighted by molar-refractivity contribution is 6.32. The molecule has 0 aliphatic heterocycles. The lowest BCUT2D eigenvalue weighted by molar-refractivity contribution is -0.141. The van der Waals surface area contributed by atoms with Gasteiger partial charge in [-0.05, 0) is 86.3 Å². The first-order valence-electron chi connectivity index (χ1n) is 16.1. The van der Waals surface area contributed by atoms with E-state index in [0.29, 0.717) is 45.1 Å². The lowest BCUT2D eigenvalue weighted by Gasteiger charge is -2.25. The number of aryl methyl sites for hydroxylation is 4.